The van der Waals surface area contributed by atoms with Gasteiger partial charge in [-0.25, -0.2) is 0 Å². The van der Waals surface area contributed by atoms with Crippen molar-refractivity contribution in [1.29, 1.82) is 0 Å². The molecule has 0 saturated heterocycles. The number of carbonyl (C=O) groups excluding carboxylic acids is 1. The van der Waals surface area contributed by atoms with Gasteiger partial charge in [-0.3, -0.25) is 4.79 Å². The minimum absolute atomic E-state index is 0. The molecule has 0 amide bonds. The number of nitrogens with zero attached hydrogens (tertiary/aromatic N) is 1. The van der Waals surface area contributed by atoms with Gasteiger partial charge in [-0.2, -0.15) is 0 Å². The van der Waals surface area contributed by atoms with Gasteiger partial charge in [-0.05, 0) is 46.6 Å². The molecule has 0 fully saturated rings. The van der Waals surface area contributed by atoms with E-state index >= 15 is 0 Å². The molecule has 1 aromatic heterocycles. The Labute approximate surface area is 258 Å². The van der Waals surface area contributed by atoms with Crippen LogP contribution >= 0.6 is 6.04 Å². The van der Waals surface area contributed by atoms with Gasteiger partial charge in [-0.15, -0.1) is 28.1 Å². The first-order chi connectivity index (χ1) is 18.4. The summed E-state index contributed by atoms with van der Waals surface area (Å²) in [7, 11) is -3.93. The molecule has 3 aromatic carbocycles. The summed E-state index contributed by atoms with van der Waals surface area (Å²) in [6.45, 7) is 12.8. The molecule has 1 radical (unpaired) electrons. The van der Waals surface area contributed by atoms with Crippen molar-refractivity contribution < 1.29 is 30.0 Å². The quantitative estimate of drug-likeness (QED) is 0.111. The van der Waals surface area contributed by atoms with E-state index in [9.17, 15) is 4.79 Å². The maximum Gasteiger partial charge on any atom is 0.155 e. The molecule has 0 bridgehead atoms. The van der Waals surface area contributed by atoms with Gasteiger partial charge in [0.1, 0.15) is 0 Å². The molecule has 1 N–H and O–H groups in total. The van der Waals surface area contributed by atoms with Crippen LogP contribution in [0.1, 0.15) is 13.8 Å². The second kappa shape index (κ2) is 11.2. The summed E-state index contributed by atoms with van der Waals surface area (Å²) in [6.07, 6.45) is 3.05. The van der Waals surface area contributed by atoms with E-state index in [1.54, 1.807) is 0 Å². The molecular weight excluding hydrogens is 742 g/mol. The first kappa shape index (κ1) is 30.7. The van der Waals surface area contributed by atoms with E-state index in [1.165, 1.54) is 56.6 Å². The Balaban J connectivity index is 0.000000413. The van der Waals surface area contributed by atoms with Gasteiger partial charge in [0.15, 0.2) is 5.78 Å². The summed E-state index contributed by atoms with van der Waals surface area (Å²) < 4.78 is 0. The smallest absolute Gasteiger partial charge is 0.155 e. The van der Waals surface area contributed by atoms with Crippen molar-refractivity contribution in [3.8, 4) is 11.3 Å². The maximum absolute atomic E-state index is 10.0. The summed E-state index contributed by atoms with van der Waals surface area (Å²) in [4.78, 5) is 14.7. The van der Waals surface area contributed by atoms with Crippen molar-refractivity contribution in [3.05, 3.63) is 96.9 Å². The molecule has 3 nitrogen and oxygen atoms in total. The van der Waals surface area contributed by atoms with E-state index < -0.39 is 22.2 Å². The number of allylic oxidation sites excluding steroid dienone is 2. The normalized spacial score (nSPS) is 19.0. The molecule has 3 heterocycles. The van der Waals surface area contributed by atoms with Crippen LogP contribution in [0.2, 0.25) is 26.2 Å². The van der Waals surface area contributed by atoms with Gasteiger partial charge in [0.25, 0.3) is 0 Å². The molecule has 0 spiro atoms. The molecule has 0 saturated carbocycles. The van der Waals surface area contributed by atoms with E-state index in [0.29, 0.717) is 0 Å². The second-order valence-corrected chi connectivity index (χ2v) is 24.2. The third kappa shape index (κ3) is 4.91. The third-order valence-corrected chi connectivity index (χ3v) is 20.6. The number of hydrogen-bond donors (Lipinski definition) is 1. The third-order valence-electron chi connectivity index (χ3n) is 7.84. The fourth-order valence-electron chi connectivity index (χ4n) is 5.99. The summed E-state index contributed by atoms with van der Waals surface area (Å²) in [5.41, 5.74) is 2.13. The molecule has 40 heavy (non-hydrogen) atoms. The number of hydrogen-bond acceptors (Lipinski definition) is 4. The topological polar surface area (TPSA) is 50.2 Å². The first-order valence-corrected chi connectivity index (χ1v) is 21.9. The summed E-state index contributed by atoms with van der Waals surface area (Å²) in [5.74, 6) is -0.0625. The van der Waals surface area contributed by atoms with Crippen LogP contribution in [0.15, 0.2) is 90.8 Å². The zero-order valence-corrected chi connectivity index (χ0v) is 29.7. The number of aromatic nitrogens is 1. The van der Waals surface area contributed by atoms with Crippen LogP contribution < -0.4 is 36.7 Å². The van der Waals surface area contributed by atoms with E-state index in [-0.39, 0.29) is 31.6 Å². The number of pyridine rings is 1. The number of benzene rings is 3. The first-order valence-electron chi connectivity index (χ1n) is 13.1. The summed E-state index contributed by atoms with van der Waals surface area (Å²) in [5, 5.41) is 18.6. The zero-order chi connectivity index (χ0) is 28.2. The Morgan fingerprint density at radius 2 is 1.43 bits per heavy atom. The molecule has 2 aliphatic rings. The minimum atomic E-state index is -2.14. The number of carbonyl (C=O) groups is 1. The Bertz CT molecular complexity index is 1610. The van der Waals surface area contributed by atoms with Gasteiger partial charge >= 0.3 is 0 Å². The van der Waals surface area contributed by atoms with E-state index in [0.717, 1.165) is 11.3 Å². The van der Waals surface area contributed by atoms with Gasteiger partial charge in [0.05, 0.1) is 21.9 Å². The van der Waals surface area contributed by atoms with Gasteiger partial charge < -0.3 is 10.1 Å². The molecule has 1 atom stereocenters. The second-order valence-electron chi connectivity index (χ2n) is 11.3. The Morgan fingerprint density at radius 3 is 1.93 bits per heavy atom. The molecule has 207 valence electrons. The van der Waals surface area contributed by atoms with Crippen LogP contribution in [0.25, 0.3) is 11.3 Å². The van der Waals surface area contributed by atoms with Crippen molar-refractivity contribution in [3.63, 3.8) is 0 Å². The van der Waals surface area contributed by atoms with Gasteiger partial charge in [0.2, 0.25) is 0 Å². The van der Waals surface area contributed by atoms with Crippen LogP contribution in [0.5, 0.6) is 0 Å². The van der Waals surface area contributed by atoms with Crippen LogP contribution in [0.3, 0.4) is 0 Å². The van der Waals surface area contributed by atoms with Crippen LogP contribution in [0, 0.1) is 6.07 Å². The van der Waals surface area contributed by atoms with Gasteiger partial charge in [-0.1, -0.05) is 104 Å². The molecule has 8 heteroatoms. The monoisotopic (exact) mass is 775 g/mol. The number of aliphatic hydroxyl groups is 1. The average molecular weight is 775 g/mol. The number of aliphatic hydroxyl groups excluding tert-OH is 1. The molecule has 4 aromatic rings. The van der Waals surface area contributed by atoms with Gasteiger partial charge in [0, 0.05) is 38.4 Å². The molecule has 0 aliphatic carbocycles. The number of rotatable bonds is 2. The minimum Gasteiger partial charge on any atom is -0.512 e. The van der Waals surface area contributed by atoms with E-state index in [2.05, 4.69) is 99.0 Å². The number of ketones is 1. The molecule has 1 unspecified atom stereocenters. The SMILES string of the molecule is CC(=O)/C=C(/C)O.C[Si]1(C)c2[c-]c(-c3ccccn3)cc3c2P(=S)(c2ccccc21)c1ccccc1[Si]3(C)C.[Ir]. The van der Waals surface area contributed by atoms with Crippen molar-refractivity contribution in [1.82, 2.24) is 4.98 Å². The zero-order valence-electron chi connectivity index (χ0n) is 23.6. The molecule has 2 aliphatic heterocycles. The van der Waals surface area contributed by atoms with Crippen molar-refractivity contribution in [2.45, 2.75) is 40.0 Å². The summed E-state index contributed by atoms with van der Waals surface area (Å²) >= 11 is 6.84. The van der Waals surface area contributed by atoms with Crippen LogP contribution in [-0.4, -0.2) is 32.0 Å². The van der Waals surface area contributed by atoms with Crippen LogP contribution in [-0.2, 0) is 36.7 Å². The largest absolute Gasteiger partial charge is 0.512 e. The molecule has 6 rings (SSSR count). The molecular formula is C32H33IrNO2PSSi2-. The predicted molar refractivity (Wildman–Crippen MR) is 175 cm³/mol. The Kier molecular flexibility index (Phi) is 8.60. The van der Waals surface area contributed by atoms with Crippen molar-refractivity contribution in [2.75, 3.05) is 0 Å². The fraction of sp³-hybridized carbons (Fsp3) is 0.188. The Hall–Kier alpha value is -2.25. The Morgan fingerprint density at radius 1 is 0.875 bits per heavy atom. The van der Waals surface area contributed by atoms with Crippen molar-refractivity contribution in [2.24, 2.45) is 0 Å². The number of fused-ring (bicyclic) bond motifs is 4. The maximum atomic E-state index is 10.0. The standard InChI is InChI=1S/C27H25NPSSi2.C5H8O2.Ir/c1-31(2)23-14-7-5-12-21(23)29(30)22-13-6-8-15-24(22)32(3,4)26-18-19(17-25(31)27(26)29)20-11-9-10-16-28-20;1-4(6)3-5(2)7;/h5-17H,1-4H3;3,6H,1-2H3;/q-1;;/b;4-3-;. The summed E-state index contributed by atoms with van der Waals surface area (Å²) in [6, 6.07) is 28.5. The van der Waals surface area contributed by atoms with E-state index in [1.807, 2.05) is 12.3 Å². The van der Waals surface area contributed by atoms with Crippen LogP contribution in [0.4, 0.5) is 0 Å². The average Bonchev–Trinajstić information content (AvgIpc) is 2.91. The fourth-order valence-corrected chi connectivity index (χ4v) is 22.3. The van der Waals surface area contributed by atoms with Crippen molar-refractivity contribution >= 4 is 76.4 Å². The predicted octanol–water partition coefficient (Wildman–Crippen LogP) is 3.61. The van der Waals surface area contributed by atoms with E-state index in [4.69, 9.17) is 21.9 Å².